The van der Waals surface area contributed by atoms with Crippen LogP contribution in [0.4, 0.5) is 0 Å². The van der Waals surface area contributed by atoms with Gasteiger partial charge in [-0.25, -0.2) is 0 Å². The summed E-state index contributed by atoms with van der Waals surface area (Å²) >= 11 is 0. The van der Waals surface area contributed by atoms with Gasteiger partial charge in [0.15, 0.2) is 5.69 Å². The number of rotatable bonds is 3. The van der Waals surface area contributed by atoms with E-state index in [0.717, 1.165) is 0 Å². The number of hydrogen-bond donors (Lipinski definition) is 2. The molecule has 0 aliphatic carbocycles. The van der Waals surface area contributed by atoms with Crippen molar-refractivity contribution >= 4 is 5.91 Å². The van der Waals surface area contributed by atoms with Crippen molar-refractivity contribution in [2.45, 2.75) is 6.61 Å². The average Bonchev–Trinajstić information content (AvgIpc) is 2.85. The lowest BCUT2D eigenvalue weighted by atomic mass is 10.2. The second-order valence-corrected chi connectivity index (χ2v) is 2.61. The first kappa shape index (κ1) is 9.34. The Morgan fingerprint density at radius 1 is 1.53 bits per heavy atom. The Kier molecular flexibility index (Phi) is 2.18. The summed E-state index contributed by atoms with van der Waals surface area (Å²) in [6.45, 7) is -0.385. The Balaban J connectivity index is 2.44. The van der Waals surface area contributed by atoms with Gasteiger partial charge >= 0.3 is 0 Å². The Bertz CT molecular complexity index is 489. The summed E-state index contributed by atoms with van der Waals surface area (Å²) in [5.74, 6) is -0.634. The number of amides is 1. The number of aliphatic hydroxyl groups excluding tert-OH is 1. The van der Waals surface area contributed by atoms with Gasteiger partial charge in [0.1, 0.15) is 12.9 Å². The SMILES string of the molecule is NC(=O)c1nocc1-c1noc(CO)n1. The Labute approximate surface area is 82.7 Å². The zero-order valence-corrected chi connectivity index (χ0v) is 7.38. The van der Waals surface area contributed by atoms with Crippen LogP contribution in [0, 0.1) is 0 Å². The number of nitrogens with zero attached hydrogens (tertiary/aromatic N) is 3. The van der Waals surface area contributed by atoms with Gasteiger partial charge in [0, 0.05) is 0 Å². The maximum absolute atomic E-state index is 10.9. The third-order valence-corrected chi connectivity index (χ3v) is 1.65. The van der Waals surface area contributed by atoms with Crippen molar-refractivity contribution in [3.05, 3.63) is 17.8 Å². The zero-order valence-electron chi connectivity index (χ0n) is 7.38. The molecule has 0 aliphatic rings. The average molecular weight is 210 g/mol. The highest BCUT2D eigenvalue weighted by atomic mass is 16.5. The van der Waals surface area contributed by atoms with Crippen LogP contribution >= 0.6 is 0 Å². The summed E-state index contributed by atoms with van der Waals surface area (Å²) in [7, 11) is 0. The molecular weight excluding hydrogens is 204 g/mol. The smallest absolute Gasteiger partial charge is 0.271 e. The quantitative estimate of drug-likeness (QED) is 0.686. The number of aliphatic hydroxyl groups is 1. The van der Waals surface area contributed by atoms with Crippen LogP contribution in [0.25, 0.3) is 11.4 Å². The lowest BCUT2D eigenvalue weighted by molar-refractivity contribution is 0.0992. The van der Waals surface area contributed by atoms with E-state index in [2.05, 4.69) is 24.3 Å². The van der Waals surface area contributed by atoms with Crippen molar-refractivity contribution in [3.8, 4) is 11.4 Å². The zero-order chi connectivity index (χ0) is 10.8. The predicted octanol–water partition coefficient (Wildman–Crippen LogP) is -0.684. The minimum atomic E-state index is -0.755. The number of aromatic nitrogens is 3. The lowest BCUT2D eigenvalue weighted by Crippen LogP contribution is -2.12. The van der Waals surface area contributed by atoms with Crippen molar-refractivity contribution < 1.29 is 18.9 Å². The first-order valence-electron chi connectivity index (χ1n) is 3.90. The molecule has 0 aromatic carbocycles. The summed E-state index contributed by atoms with van der Waals surface area (Å²) in [4.78, 5) is 14.7. The number of hydrogen-bond acceptors (Lipinski definition) is 7. The van der Waals surface area contributed by atoms with Gasteiger partial charge in [-0.1, -0.05) is 10.3 Å². The van der Waals surface area contributed by atoms with Crippen molar-refractivity contribution in [2.75, 3.05) is 0 Å². The number of carbonyl (C=O) groups is 1. The van der Waals surface area contributed by atoms with Gasteiger partial charge in [-0.05, 0) is 0 Å². The molecule has 3 N–H and O–H groups in total. The molecule has 0 bridgehead atoms. The standard InChI is InChI=1S/C7H6N4O4/c8-6(13)5-3(2-14-10-5)7-9-4(1-12)15-11-7/h2,12H,1H2,(H2,8,13). The summed E-state index contributed by atoms with van der Waals surface area (Å²) in [5, 5.41) is 15.6. The summed E-state index contributed by atoms with van der Waals surface area (Å²) < 4.78 is 9.21. The molecule has 2 heterocycles. The van der Waals surface area contributed by atoms with Crippen LogP contribution in [0.5, 0.6) is 0 Å². The van der Waals surface area contributed by atoms with Crippen LogP contribution in [-0.4, -0.2) is 26.3 Å². The van der Waals surface area contributed by atoms with Crippen LogP contribution in [0.15, 0.2) is 15.3 Å². The van der Waals surface area contributed by atoms with Gasteiger partial charge in [-0.2, -0.15) is 4.98 Å². The van der Waals surface area contributed by atoms with Gasteiger partial charge in [-0.15, -0.1) is 0 Å². The molecule has 0 aliphatic heterocycles. The van der Waals surface area contributed by atoms with Crippen LogP contribution < -0.4 is 5.73 Å². The van der Waals surface area contributed by atoms with Gasteiger partial charge in [0.2, 0.25) is 5.82 Å². The Morgan fingerprint density at radius 2 is 2.33 bits per heavy atom. The first-order valence-corrected chi connectivity index (χ1v) is 3.90. The van der Waals surface area contributed by atoms with Crippen molar-refractivity contribution in [2.24, 2.45) is 5.73 Å². The van der Waals surface area contributed by atoms with Crippen molar-refractivity contribution in [3.63, 3.8) is 0 Å². The van der Waals surface area contributed by atoms with Crippen LogP contribution in [0.3, 0.4) is 0 Å². The van der Waals surface area contributed by atoms with Gasteiger partial charge in [-0.3, -0.25) is 4.79 Å². The van der Waals surface area contributed by atoms with E-state index in [9.17, 15) is 4.79 Å². The highest BCUT2D eigenvalue weighted by Crippen LogP contribution is 2.19. The van der Waals surface area contributed by atoms with E-state index >= 15 is 0 Å². The molecule has 0 spiro atoms. The second kappa shape index (κ2) is 3.50. The van der Waals surface area contributed by atoms with Crippen LogP contribution in [0.2, 0.25) is 0 Å². The third-order valence-electron chi connectivity index (χ3n) is 1.65. The minimum absolute atomic E-state index is 0.0293. The molecule has 1 amide bonds. The number of nitrogens with two attached hydrogens (primary N) is 1. The highest BCUT2D eigenvalue weighted by molar-refractivity contribution is 5.96. The topological polar surface area (TPSA) is 128 Å². The van der Waals surface area contributed by atoms with E-state index in [0.29, 0.717) is 0 Å². The number of carbonyl (C=O) groups excluding carboxylic acids is 1. The fourth-order valence-corrected chi connectivity index (χ4v) is 1.00. The van der Waals surface area contributed by atoms with Gasteiger partial charge in [0.25, 0.3) is 11.8 Å². The minimum Gasteiger partial charge on any atom is -0.387 e. The van der Waals surface area contributed by atoms with Gasteiger partial charge in [0.05, 0.1) is 5.56 Å². The molecule has 15 heavy (non-hydrogen) atoms. The van der Waals surface area contributed by atoms with E-state index in [1.807, 2.05) is 0 Å². The van der Waals surface area contributed by atoms with Gasteiger partial charge < -0.3 is 19.9 Å². The molecule has 2 rings (SSSR count). The molecule has 0 unspecified atom stereocenters. The molecule has 0 radical (unpaired) electrons. The molecule has 0 atom stereocenters. The lowest BCUT2D eigenvalue weighted by Gasteiger charge is -1.88. The molecule has 78 valence electrons. The van der Waals surface area contributed by atoms with Crippen LogP contribution in [-0.2, 0) is 6.61 Å². The van der Waals surface area contributed by atoms with E-state index in [1.165, 1.54) is 6.26 Å². The molecule has 0 fully saturated rings. The highest BCUT2D eigenvalue weighted by Gasteiger charge is 2.19. The summed E-state index contributed by atoms with van der Waals surface area (Å²) in [5.41, 5.74) is 5.18. The maximum atomic E-state index is 10.9. The van der Waals surface area contributed by atoms with E-state index in [4.69, 9.17) is 10.8 Å². The molecule has 2 aromatic heterocycles. The molecule has 0 saturated carbocycles. The fourth-order valence-electron chi connectivity index (χ4n) is 1.00. The predicted molar refractivity (Wildman–Crippen MR) is 44.2 cm³/mol. The molecular formula is C7H6N4O4. The molecule has 2 aromatic rings. The molecule has 0 saturated heterocycles. The summed E-state index contributed by atoms with van der Waals surface area (Å²) in [6.07, 6.45) is 1.17. The van der Waals surface area contributed by atoms with E-state index in [1.54, 1.807) is 0 Å². The van der Waals surface area contributed by atoms with E-state index in [-0.39, 0.29) is 29.6 Å². The summed E-state index contributed by atoms with van der Waals surface area (Å²) in [6, 6.07) is 0. The Morgan fingerprint density at radius 3 is 2.93 bits per heavy atom. The van der Waals surface area contributed by atoms with Crippen LogP contribution in [0.1, 0.15) is 16.4 Å². The van der Waals surface area contributed by atoms with Crippen molar-refractivity contribution in [1.82, 2.24) is 15.3 Å². The normalized spacial score (nSPS) is 10.5. The number of primary amides is 1. The fraction of sp³-hybridized carbons (Fsp3) is 0.143. The molecule has 8 nitrogen and oxygen atoms in total. The monoisotopic (exact) mass is 210 g/mol. The largest absolute Gasteiger partial charge is 0.387 e. The van der Waals surface area contributed by atoms with E-state index < -0.39 is 5.91 Å². The Hall–Kier alpha value is -2.22. The van der Waals surface area contributed by atoms with Crippen molar-refractivity contribution in [1.29, 1.82) is 0 Å². The maximum Gasteiger partial charge on any atom is 0.271 e. The second-order valence-electron chi connectivity index (χ2n) is 2.61. The molecule has 8 heteroatoms. The third kappa shape index (κ3) is 1.57. The first-order chi connectivity index (χ1) is 7.22.